The number of benzene rings is 1. The Labute approximate surface area is 95.4 Å². The summed E-state index contributed by atoms with van der Waals surface area (Å²) in [6.07, 6.45) is -2.30. The second-order valence-electron chi connectivity index (χ2n) is 3.37. The molecule has 90 valence electrons. The summed E-state index contributed by atoms with van der Waals surface area (Å²) in [6, 6.07) is 8.90. The highest BCUT2D eigenvalue weighted by Gasteiger charge is 2.34. The molecule has 2 atom stereocenters. The number of hydrogen-bond donors (Lipinski definition) is 0. The van der Waals surface area contributed by atoms with Crippen LogP contribution >= 0.6 is 10.8 Å². The minimum Gasteiger partial charge on any atom is -0.315 e. The topological polar surface area (TPSA) is 9.23 Å². The van der Waals surface area contributed by atoms with Gasteiger partial charge in [-0.25, -0.2) is 13.2 Å². The van der Waals surface area contributed by atoms with E-state index in [2.05, 4.69) is 5.87 Å². The van der Waals surface area contributed by atoms with Crippen molar-refractivity contribution in [2.24, 2.45) is 0 Å². The molecule has 0 spiro atoms. The van der Waals surface area contributed by atoms with E-state index in [1.165, 1.54) is 0 Å². The molecule has 0 fully saturated rings. The highest BCUT2D eigenvalue weighted by atomic mass is 32.2. The molecule has 5 heteroatoms. The molecule has 0 heterocycles. The van der Waals surface area contributed by atoms with E-state index in [0.29, 0.717) is 6.92 Å². The minimum absolute atomic E-state index is 0.532. The van der Waals surface area contributed by atoms with Gasteiger partial charge in [0.05, 0.1) is 6.61 Å². The van der Waals surface area contributed by atoms with E-state index in [0.717, 1.165) is 4.90 Å². The molecule has 0 aliphatic carbocycles. The highest BCUT2D eigenvalue weighted by molar-refractivity contribution is 8.10. The first-order valence-electron chi connectivity index (χ1n) is 4.65. The van der Waals surface area contributed by atoms with E-state index in [-0.39, 0.29) is 0 Å². The predicted molar refractivity (Wildman–Crippen MR) is 60.9 cm³/mol. The maximum Gasteiger partial charge on any atom is 0.278 e. The molecule has 1 rings (SSSR count). The Kier molecular flexibility index (Phi) is 4.56. The van der Waals surface area contributed by atoms with Crippen molar-refractivity contribution in [1.29, 1.82) is 0 Å². The predicted octanol–water partition coefficient (Wildman–Crippen LogP) is 3.67. The molecule has 0 bridgehead atoms. The zero-order valence-electron chi connectivity index (χ0n) is 8.83. The Balaban J connectivity index is 2.48. The van der Waals surface area contributed by atoms with Crippen LogP contribution in [0.1, 0.15) is 6.92 Å². The third kappa shape index (κ3) is 3.98. The zero-order chi connectivity index (χ0) is 12.2. The quantitative estimate of drug-likeness (QED) is 0.724. The van der Waals surface area contributed by atoms with Crippen molar-refractivity contribution < 1.29 is 17.4 Å². The zero-order valence-corrected chi connectivity index (χ0v) is 9.65. The Bertz CT molecular complexity index is 348. The van der Waals surface area contributed by atoms with Crippen LogP contribution in [0.2, 0.25) is 0 Å². The van der Waals surface area contributed by atoms with E-state index < -0.39 is 29.5 Å². The van der Waals surface area contributed by atoms with Crippen LogP contribution in [-0.4, -0.2) is 24.6 Å². The van der Waals surface area contributed by atoms with Gasteiger partial charge in [0, 0.05) is 11.8 Å². The van der Waals surface area contributed by atoms with Gasteiger partial charge in [-0.1, -0.05) is 18.2 Å². The third-order valence-corrected chi connectivity index (χ3v) is 3.13. The van der Waals surface area contributed by atoms with Crippen LogP contribution in [0.25, 0.3) is 0 Å². The van der Waals surface area contributed by atoms with Gasteiger partial charge < -0.3 is 4.18 Å². The fourth-order valence-electron chi connectivity index (χ4n) is 0.929. The molecule has 0 amide bonds. The van der Waals surface area contributed by atoms with E-state index in [1.54, 1.807) is 24.3 Å². The van der Waals surface area contributed by atoms with Gasteiger partial charge in [0.1, 0.15) is 0 Å². The molecule has 16 heavy (non-hydrogen) atoms. The van der Waals surface area contributed by atoms with Crippen LogP contribution in [0.3, 0.4) is 0 Å². The lowest BCUT2D eigenvalue weighted by molar-refractivity contribution is -0.0676. The van der Waals surface area contributed by atoms with E-state index in [1.807, 2.05) is 6.07 Å². The summed E-state index contributed by atoms with van der Waals surface area (Å²) in [5, 5.41) is 0. The van der Waals surface area contributed by atoms with Crippen molar-refractivity contribution in [3.63, 3.8) is 0 Å². The summed E-state index contributed by atoms with van der Waals surface area (Å²) in [5.41, 5.74) is 0. The number of alkyl halides is 3. The summed E-state index contributed by atoms with van der Waals surface area (Å²) in [5.74, 6) is 0.282. The fourth-order valence-corrected chi connectivity index (χ4v) is 1.81. The van der Waals surface area contributed by atoms with Gasteiger partial charge in [-0.15, -0.1) is 0 Å². The number of hydrogen-bond acceptors (Lipinski definition) is 1. The maximum atomic E-state index is 12.9. The molecule has 0 aromatic heterocycles. The molecule has 0 aliphatic heterocycles. The van der Waals surface area contributed by atoms with Gasteiger partial charge >= 0.3 is 0 Å². The first-order chi connectivity index (χ1) is 7.41. The molecule has 1 aromatic rings. The fraction of sp³-hybridized carbons (Fsp3) is 0.364. The average Bonchev–Trinajstić information content (AvgIpc) is 2.25. The minimum atomic E-state index is -3.37. The molecular formula is C11H13F3OS. The molecule has 0 saturated heterocycles. The molecule has 0 N–H and O–H groups in total. The Hall–Kier alpha value is -0.810. The van der Waals surface area contributed by atoms with Crippen molar-refractivity contribution in [2.75, 3.05) is 6.61 Å². The Morgan fingerprint density at radius 1 is 1.38 bits per heavy atom. The first-order valence-corrected chi connectivity index (χ1v) is 5.97. The smallest absolute Gasteiger partial charge is 0.278 e. The van der Waals surface area contributed by atoms with Crippen LogP contribution in [0.15, 0.2) is 35.2 Å². The van der Waals surface area contributed by atoms with Crippen molar-refractivity contribution in [3.8, 4) is 0 Å². The highest BCUT2D eigenvalue weighted by Crippen LogP contribution is 2.28. The van der Waals surface area contributed by atoms with Gasteiger partial charge in [-0.05, 0) is 28.8 Å². The molecule has 0 saturated carbocycles. The lowest BCUT2D eigenvalue weighted by Gasteiger charge is -2.16. The standard InChI is InChI=1S/C11H13F3OS/c1-11(13,14)10(12)8-15-16(2)9-6-4-3-5-7-9/h3-7,10H,2,8H2,1H3. The van der Waals surface area contributed by atoms with Gasteiger partial charge in [-0.2, -0.15) is 0 Å². The lowest BCUT2D eigenvalue weighted by atomic mass is 10.2. The summed E-state index contributed by atoms with van der Waals surface area (Å²) >= 11 is 0. The number of rotatable bonds is 5. The first kappa shape index (κ1) is 13.3. The molecule has 1 aromatic carbocycles. The van der Waals surface area contributed by atoms with Crippen LogP contribution in [0, 0.1) is 0 Å². The van der Waals surface area contributed by atoms with E-state index >= 15 is 0 Å². The molecule has 0 radical (unpaired) electrons. The van der Waals surface area contributed by atoms with Crippen LogP contribution in [0.4, 0.5) is 13.2 Å². The average molecular weight is 250 g/mol. The third-order valence-electron chi connectivity index (χ3n) is 1.91. The maximum absolute atomic E-state index is 12.9. The lowest BCUT2D eigenvalue weighted by Crippen LogP contribution is -2.29. The monoisotopic (exact) mass is 250 g/mol. The Morgan fingerprint density at radius 2 is 1.94 bits per heavy atom. The summed E-state index contributed by atoms with van der Waals surface area (Å²) < 4.78 is 42.9. The van der Waals surface area contributed by atoms with Crippen molar-refractivity contribution >= 4 is 16.6 Å². The molecular weight excluding hydrogens is 237 g/mol. The normalized spacial score (nSPS) is 15.8. The van der Waals surface area contributed by atoms with Crippen LogP contribution in [-0.2, 0) is 4.18 Å². The second kappa shape index (κ2) is 5.50. The summed E-state index contributed by atoms with van der Waals surface area (Å²) in [4.78, 5) is 0.758. The summed E-state index contributed by atoms with van der Waals surface area (Å²) in [6.45, 7) is -0.115. The largest absolute Gasteiger partial charge is 0.315 e. The SMILES string of the molecule is C=S(OCC(F)C(C)(F)F)c1ccccc1. The molecule has 2 unspecified atom stereocenters. The van der Waals surface area contributed by atoms with Gasteiger partial charge in [0.2, 0.25) is 0 Å². The van der Waals surface area contributed by atoms with Crippen molar-refractivity contribution in [2.45, 2.75) is 23.9 Å². The summed E-state index contributed by atoms with van der Waals surface area (Å²) in [7, 11) is -0.912. The van der Waals surface area contributed by atoms with E-state index in [9.17, 15) is 13.2 Å². The Morgan fingerprint density at radius 3 is 2.44 bits per heavy atom. The second-order valence-corrected chi connectivity index (χ2v) is 4.77. The van der Waals surface area contributed by atoms with Gasteiger partial charge in [0.25, 0.3) is 5.92 Å². The van der Waals surface area contributed by atoms with Crippen molar-refractivity contribution in [3.05, 3.63) is 30.3 Å². The van der Waals surface area contributed by atoms with Crippen molar-refractivity contribution in [1.82, 2.24) is 0 Å². The van der Waals surface area contributed by atoms with Gasteiger partial charge in [-0.3, -0.25) is 0 Å². The van der Waals surface area contributed by atoms with Crippen LogP contribution in [0.5, 0.6) is 0 Å². The number of halogens is 3. The molecule has 1 nitrogen and oxygen atoms in total. The van der Waals surface area contributed by atoms with Gasteiger partial charge in [0.15, 0.2) is 6.17 Å². The van der Waals surface area contributed by atoms with Crippen LogP contribution < -0.4 is 0 Å². The van der Waals surface area contributed by atoms with E-state index in [4.69, 9.17) is 4.18 Å². The molecule has 0 aliphatic rings.